The maximum atomic E-state index is 11.7. The van der Waals surface area contributed by atoms with Crippen LogP contribution >= 0.6 is 11.3 Å². The van der Waals surface area contributed by atoms with E-state index in [1.165, 1.54) is 6.08 Å². The fourth-order valence-electron chi connectivity index (χ4n) is 1.98. The van der Waals surface area contributed by atoms with Crippen LogP contribution in [0.2, 0.25) is 0 Å². The fraction of sp³-hybridized carbons (Fsp3) is 0.533. The van der Waals surface area contributed by atoms with E-state index < -0.39 is 5.60 Å². The minimum absolute atomic E-state index is 0.307. The molecule has 2 rings (SSSR count). The molecule has 1 fully saturated rings. The van der Waals surface area contributed by atoms with Gasteiger partial charge in [-0.3, -0.25) is 0 Å². The highest BCUT2D eigenvalue weighted by Crippen LogP contribution is 2.28. The largest absolute Gasteiger partial charge is 0.457 e. The Morgan fingerprint density at radius 3 is 2.75 bits per heavy atom. The van der Waals surface area contributed by atoms with Crippen LogP contribution in [-0.4, -0.2) is 37.9 Å². The molecule has 110 valence electrons. The number of hydrogen-bond donors (Lipinski definition) is 0. The molecule has 5 heteroatoms. The quantitative estimate of drug-likeness (QED) is 0.635. The number of morpholine rings is 1. The summed E-state index contributed by atoms with van der Waals surface area (Å²) in [5, 5.41) is 2.04. The molecule has 0 N–H and O–H groups in total. The lowest BCUT2D eigenvalue weighted by molar-refractivity contribution is -0.148. The third-order valence-corrected chi connectivity index (χ3v) is 3.67. The van der Waals surface area contributed by atoms with Gasteiger partial charge in [0.2, 0.25) is 0 Å². The van der Waals surface area contributed by atoms with Crippen LogP contribution in [0.1, 0.15) is 25.6 Å². The molecule has 4 nitrogen and oxygen atoms in total. The summed E-state index contributed by atoms with van der Waals surface area (Å²) in [7, 11) is 0. The third kappa shape index (κ3) is 4.35. The van der Waals surface area contributed by atoms with Gasteiger partial charge < -0.3 is 14.4 Å². The topological polar surface area (TPSA) is 38.8 Å². The van der Waals surface area contributed by atoms with Crippen LogP contribution in [0.3, 0.4) is 0 Å². The van der Waals surface area contributed by atoms with Crippen molar-refractivity contribution in [2.75, 3.05) is 31.2 Å². The molecule has 0 bridgehead atoms. The van der Waals surface area contributed by atoms with Gasteiger partial charge >= 0.3 is 5.97 Å². The number of ether oxygens (including phenoxy) is 2. The second-order valence-electron chi connectivity index (χ2n) is 5.64. The molecule has 0 saturated carbocycles. The Labute approximate surface area is 124 Å². The number of hydrogen-bond acceptors (Lipinski definition) is 5. The molecule has 0 radical (unpaired) electrons. The van der Waals surface area contributed by atoms with Crippen molar-refractivity contribution in [1.82, 2.24) is 0 Å². The van der Waals surface area contributed by atoms with Crippen LogP contribution in [0, 0.1) is 0 Å². The van der Waals surface area contributed by atoms with Gasteiger partial charge in [0, 0.05) is 19.2 Å². The second-order valence-corrected chi connectivity index (χ2v) is 6.58. The summed E-state index contributed by atoms with van der Waals surface area (Å²) in [6.45, 7) is 8.89. The lowest BCUT2D eigenvalue weighted by Crippen LogP contribution is -2.36. The summed E-state index contributed by atoms with van der Waals surface area (Å²) >= 11 is 1.63. The molecule has 0 spiro atoms. The van der Waals surface area contributed by atoms with Crippen molar-refractivity contribution in [3.8, 4) is 0 Å². The Kier molecular flexibility index (Phi) is 4.83. The molecule has 1 saturated heterocycles. The van der Waals surface area contributed by atoms with Crippen LogP contribution in [-0.2, 0) is 14.3 Å². The zero-order valence-electron chi connectivity index (χ0n) is 12.2. The van der Waals surface area contributed by atoms with Gasteiger partial charge in [0.1, 0.15) is 5.60 Å². The van der Waals surface area contributed by atoms with Crippen molar-refractivity contribution in [3.63, 3.8) is 0 Å². The third-order valence-electron chi connectivity index (χ3n) is 2.80. The molecular weight excluding hydrogens is 274 g/mol. The van der Waals surface area contributed by atoms with E-state index in [1.807, 2.05) is 32.2 Å². The molecule has 2 heterocycles. The van der Waals surface area contributed by atoms with Crippen molar-refractivity contribution in [1.29, 1.82) is 0 Å². The van der Waals surface area contributed by atoms with Crippen LogP contribution in [0.15, 0.2) is 17.5 Å². The molecular formula is C15H21NO3S. The first kappa shape index (κ1) is 15.1. The maximum Gasteiger partial charge on any atom is 0.331 e. The molecule has 0 amide bonds. The molecule has 1 aliphatic heterocycles. The first-order chi connectivity index (χ1) is 9.46. The number of carbonyl (C=O) groups is 1. The molecule has 1 aromatic rings. The summed E-state index contributed by atoms with van der Waals surface area (Å²) in [4.78, 5) is 15.1. The number of esters is 1. The van der Waals surface area contributed by atoms with Crippen LogP contribution in [0.4, 0.5) is 5.69 Å². The number of carbonyl (C=O) groups excluding carboxylic acids is 1. The average Bonchev–Trinajstić information content (AvgIpc) is 2.83. The van der Waals surface area contributed by atoms with E-state index in [0.29, 0.717) is 0 Å². The van der Waals surface area contributed by atoms with Crippen LogP contribution < -0.4 is 4.90 Å². The van der Waals surface area contributed by atoms with Crippen LogP contribution in [0.25, 0.3) is 6.08 Å². The van der Waals surface area contributed by atoms with Crippen molar-refractivity contribution in [2.45, 2.75) is 26.4 Å². The molecule has 0 unspecified atom stereocenters. The van der Waals surface area contributed by atoms with Gasteiger partial charge in [0.15, 0.2) is 0 Å². The Hall–Kier alpha value is -1.33. The van der Waals surface area contributed by atoms with E-state index >= 15 is 0 Å². The van der Waals surface area contributed by atoms with E-state index in [2.05, 4.69) is 11.0 Å². The lowest BCUT2D eigenvalue weighted by Gasteiger charge is -2.28. The van der Waals surface area contributed by atoms with Gasteiger partial charge in [-0.1, -0.05) is 0 Å². The molecule has 0 atom stereocenters. The van der Waals surface area contributed by atoms with Gasteiger partial charge in [-0.25, -0.2) is 4.79 Å². The van der Waals surface area contributed by atoms with Gasteiger partial charge in [0.25, 0.3) is 0 Å². The van der Waals surface area contributed by atoms with Gasteiger partial charge in [-0.2, -0.15) is 0 Å². The molecule has 0 aromatic carbocycles. The Balaban J connectivity index is 2.03. The minimum Gasteiger partial charge on any atom is -0.457 e. The zero-order chi connectivity index (χ0) is 14.6. The Morgan fingerprint density at radius 1 is 1.40 bits per heavy atom. The van der Waals surface area contributed by atoms with E-state index in [-0.39, 0.29) is 5.97 Å². The molecule has 1 aromatic heterocycles. The summed E-state index contributed by atoms with van der Waals surface area (Å²) in [6.07, 6.45) is 3.34. The smallest absolute Gasteiger partial charge is 0.331 e. The normalized spacial score (nSPS) is 16.6. The van der Waals surface area contributed by atoms with Crippen LogP contribution in [0.5, 0.6) is 0 Å². The number of thiophene rings is 1. The minimum atomic E-state index is -0.454. The van der Waals surface area contributed by atoms with Gasteiger partial charge in [-0.05, 0) is 38.3 Å². The van der Waals surface area contributed by atoms with E-state index in [1.54, 1.807) is 11.3 Å². The number of nitrogens with zero attached hydrogens (tertiary/aromatic N) is 1. The summed E-state index contributed by atoms with van der Waals surface area (Å²) in [5.74, 6) is -0.307. The predicted octanol–water partition coefficient (Wildman–Crippen LogP) is 2.94. The average molecular weight is 295 g/mol. The summed E-state index contributed by atoms with van der Waals surface area (Å²) in [5.41, 5.74) is 0.710. The van der Waals surface area contributed by atoms with Gasteiger partial charge in [0.05, 0.1) is 23.8 Å². The van der Waals surface area contributed by atoms with E-state index in [9.17, 15) is 4.79 Å². The maximum absolute atomic E-state index is 11.7. The number of anilines is 1. The molecule has 20 heavy (non-hydrogen) atoms. The highest BCUT2D eigenvalue weighted by molar-refractivity contribution is 7.11. The standard InChI is InChI=1S/C15H21NO3S/c1-15(2,3)19-14(17)5-4-13-12(6-11-20-13)16-7-9-18-10-8-16/h4-6,11H,7-10H2,1-3H3/b5-4+. The highest BCUT2D eigenvalue weighted by atomic mass is 32.1. The molecule has 0 aliphatic carbocycles. The second kappa shape index (κ2) is 6.41. The van der Waals surface area contributed by atoms with E-state index in [0.717, 1.165) is 36.9 Å². The van der Waals surface area contributed by atoms with Crippen molar-refractivity contribution in [2.24, 2.45) is 0 Å². The summed E-state index contributed by atoms with van der Waals surface area (Å²) in [6, 6.07) is 2.09. The first-order valence-electron chi connectivity index (χ1n) is 6.77. The van der Waals surface area contributed by atoms with Crippen molar-refractivity contribution >= 4 is 29.1 Å². The number of rotatable bonds is 3. The summed E-state index contributed by atoms with van der Waals surface area (Å²) < 4.78 is 10.6. The predicted molar refractivity (Wildman–Crippen MR) is 82.2 cm³/mol. The fourth-order valence-corrected chi connectivity index (χ4v) is 2.79. The van der Waals surface area contributed by atoms with Crippen molar-refractivity contribution in [3.05, 3.63) is 22.4 Å². The SMILES string of the molecule is CC(C)(C)OC(=O)/C=C/c1sccc1N1CCOCC1. The van der Waals surface area contributed by atoms with Gasteiger partial charge in [-0.15, -0.1) is 11.3 Å². The zero-order valence-corrected chi connectivity index (χ0v) is 13.0. The Bertz CT molecular complexity index is 482. The molecule has 1 aliphatic rings. The monoisotopic (exact) mass is 295 g/mol. The first-order valence-corrected chi connectivity index (χ1v) is 7.65. The van der Waals surface area contributed by atoms with Crippen molar-refractivity contribution < 1.29 is 14.3 Å². The Morgan fingerprint density at radius 2 is 2.10 bits per heavy atom. The lowest BCUT2D eigenvalue weighted by atomic mass is 10.2. The highest BCUT2D eigenvalue weighted by Gasteiger charge is 2.16. The van der Waals surface area contributed by atoms with E-state index in [4.69, 9.17) is 9.47 Å².